The van der Waals surface area contributed by atoms with E-state index in [1.54, 1.807) is 21.1 Å². The van der Waals surface area contributed by atoms with Crippen molar-refractivity contribution in [3.8, 4) is 0 Å². The van der Waals surface area contributed by atoms with Gasteiger partial charge in [0.25, 0.3) is 0 Å². The van der Waals surface area contributed by atoms with Gasteiger partial charge in [-0.15, -0.1) is 0 Å². The van der Waals surface area contributed by atoms with Crippen molar-refractivity contribution in [1.82, 2.24) is 0 Å². The third kappa shape index (κ3) is 2.73. The molecule has 0 rings (SSSR count). The highest BCUT2D eigenvalue weighted by Crippen LogP contribution is 1.90. The molecule has 0 bridgehead atoms. The summed E-state index contributed by atoms with van der Waals surface area (Å²) in [5, 5.41) is 0. The smallest absolute Gasteiger partial charge is 0.261 e. The van der Waals surface area contributed by atoms with Crippen LogP contribution in [0.25, 0.3) is 0 Å². The summed E-state index contributed by atoms with van der Waals surface area (Å²) in [5.41, 5.74) is 0. The first kappa shape index (κ1) is 7.07. The highest BCUT2D eigenvalue weighted by atomic mass is 32.2. The maximum atomic E-state index is 10.1. The summed E-state index contributed by atoms with van der Waals surface area (Å²) in [4.78, 5) is 0. The van der Waals surface area contributed by atoms with Crippen LogP contribution in [-0.4, -0.2) is 33.8 Å². The SMILES string of the molecule is C[N+](C)(C)S(=O)O. The Hall–Kier alpha value is 0.0700. The molecule has 0 aromatic rings. The first-order valence-electron chi connectivity index (χ1n) is 1.87. The maximum Gasteiger partial charge on any atom is 0.357 e. The Kier molecular flexibility index (Phi) is 1.92. The molecule has 1 N–H and O–H groups in total. The van der Waals surface area contributed by atoms with Crippen molar-refractivity contribution in [3.63, 3.8) is 0 Å². The summed E-state index contributed by atoms with van der Waals surface area (Å²) in [6.07, 6.45) is 0. The van der Waals surface area contributed by atoms with Crippen molar-refractivity contribution < 1.29 is 12.6 Å². The molecule has 7 heavy (non-hydrogen) atoms. The van der Waals surface area contributed by atoms with Gasteiger partial charge >= 0.3 is 11.3 Å². The molecule has 4 heteroatoms. The van der Waals surface area contributed by atoms with Crippen molar-refractivity contribution in [1.29, 1.82) is 0 Å². The van der Waals surface area contributed by atoms with Crippen LogP contribution in [0.4, 0.5) is 0 Å². The van der Waals surface area contributed by atoms with Crippen LogP contribution in [0.15, 0.2) is 0 Å². The fourth-order valence-corrected chi connectivity index (χ4v) is 0. The average Bonchev–Trinajstić information content (AvgIpc) is 1.31. The van der Waals surface area contributed by atoms with Gasteiger partial charge in [0.05, 0.1) is 21.1 Å². The standard InChI is InChI=1S/C3H9NO2S/c1-4(2,3)7(5)6/h1-3H3/p+1. The molecule has 0 aromatic carbocycles. The molecule has 0 aliphatic rings. The van der Waals surface area contributed by atoms with Gasteiger partial charge in [-0.1, -0.05) is 0 Å². The van der Waals surface area contributed by atoms with Gasteiger partial charge in [0.2, 0.25) is 0 Å². The highest BCUT2D eigenvalue weighted by molar-refractivity contribution is 7.73. The van der Waals surface area contributed by atoms with Crippen LogP contribution in [0, 0.1) is 0 Å². The Morgan fingerprint density at radius 1 is 1.43 bits per heavy atom. The lowest BCUT2D eigenvalue weighted by molar-refractivity contribution is -0.738. The molecule has 0 heterocycles. The maximum absolute atomic E-state index is 10.1. The van der Waals surface area contributed by atoms with Crippen LogP contribution in [0.2, 0.25) is 0 Å². The molecular formula is C3H10NO2S+. The first-order valence-corrected chi connectivity index (χ1v) is 2.94. The number of rotatable bonds is 1. The summed E-state index contributed by atoms with van der Waals surface area (Å²) in [6, 6.07) is 0. The molecule has 0 aromatic heterocycles. The van der Waals surface area contributed by atoms with Crippen molar-refractivity contribution in [2.24, 2.45) is 0 Å². The third-order valence-electron chi connectivity index (χ3n) is 0.469. The largest absolute Gasteiger partial charge is 0.357 e. The van der Waals surface area contributed by atoms with E-state index in [1.807, 2.05) is 0 Å². The van der Waals surface area contributed by atoms with Gasteiger partial charge in [-0.05, 0) is 0 Å². The molecule has 0 amide bonds. The predicted octanol–water partition coefficient (Wildman–Crippen LogP) is -0.171. The van der Waals surface area contributed by atoms with E-state index in [0.717, 1.165) is 0 Å². The zero-order chi connectivity index (χ0) is 6.08. The molecule has 0 aliphatic carbocycles. The summed E-state index contributed by atoms with van der Waals surface area (Å²) < 4.78 is 18.5. The normalized spacial score (nSPS) is 16.6. The molecule has 0 spiro atoms. The zero-order valence-electron chi connectivity index (χ0n) is 4.71. The summed E-state index contributed by atoms with van der Waals surface area (Å²) in [5.74, 6) is 0. The van der Waals surface area contributed by atoms with Gasteiger partial charge < -0.3 is 0 Å². The Morgan fingerprint density at radius 3 is 1.57 bits per heavy atom. The van der Waals surface area contributed by atoms with E-state index in [-0.39, 0.29) is 3.89 Å². The van der Waals surface area contributed by atoms with Crippen LogP contribution >= 0.6 is 0 Å². The lowest BCUT2D eigenvalue weighted by atomic mass is 11.0. The number of hydrogen-bond donors (Lipinski definition) is 1. The van der Waals surface area contributed by atoms with E-state index in [0.29, 0.717) is 0 Å². The summed E-state index contributed by atoms with van der Waals surface area (Å²) in [6.45, 7) is 0. The van der Waals surface area contributed by atoms with Gasteiger partial charge in [-0.3, -0.25) is 4.55 Å². The minimum absolute atomic E-state index is 0.0833. The lowest BCUT2D eigenvalue weighted by Gasteiger charge is -2.15. The molecule has 0 saturated carbocycles. The van der Waals surface area contributed by atoms with E-state index in [4.69, 9.17) is 4.55 Å². The van der Waals surface area contributed by atoms with E-state index >= 15 is 0 Å². The monoisotopic (exact) mass is 124 g/mol. The van der Waals surface area contributed by atoms with Crippen LogP contribution in [0.1, 0.15) is 0 Å². The number of nitrogens with zero attached hydrogens (tertiary/aromatic N) is 1. The molecule has 0 radical (unpaired) electrons. The Balaban J connectivity index is 3.79. The quantitative estimate of drug-likeness (QED) is 0.389. The fourth-order valence-electron chi connectivity index (χ4n) is 0. The summed E-state index contributed by atoms with van der Waals surface area (Å²) >= 11 is -1.75. The summed E-state index contributed by atoms with van der Waals surface area (Å²) in [7, 11) is 4.95. The highest BCUT2D eigenvalue weighted by Gasteiger charge is 2.13. The van der Waals surface area contributed by atoms with Crippen molar-refractivity contribution in [3.05, 3.63) is 0 Å². The van der Waals surface area contributed by atoms with E-state index in [1.165, 1.54) is 0 Å². The fraction of sp³-hybridized carbons (Fsp3) is 1.00. The number of hydrogen-bond acceptors (Lipinski definition) is 1. The van der Waals surface area contributed by atoms with Gasteiger partial charge in [0.1, 0.15) is 0 Å². The molecule has 0 aliphatic heterocycles. The molecule has 44 valence electrons. The Labute approximate surface area is 46.0 Å². The van der Waals surface area contributed by atoms with Gasteiger partial charge in [-0.2, -0.15) is 4.21 Å². The Morgan fingerprint density at radius 2 is 1.57 bits per heavy atom. The first-order chi connectivity index (χ1) is 2.94. The van der Waals surface area contributed by atoms with Gasteiger partial charge in [-0.25, -0.2) is 3.89 Å². The van der Waals surface area contributed by atoms with Gasteiger partial charge in [0, 0.05) is 0 Å². The van der Waals surface area contributed by atoms with Crippen LogP contribution in [0.3, 0.4) is 0 Å². The molecule has 1 atom stereocenters. The van der Waals surface area contributed by atoms with Crippen molar-refractivity contribution in [2.75, 3.05) is 21.1 Å². The molecular weight excluding hydrogens is 114 g/mol. The topological polar surface area (TPSA) is 37.3 Å². The predicted molar refractivity (Wildman–Crippen MR) is 28.8 cm³/mol. The lowest BCUT2D eigenvalue weighted by Crippen LogP contribution is -2.35. The second-order valence-corrected chi connectivity index (χ2v) is 3.68. The van der Waals surface area contributed by atoms with E-state index < -0.39 is 11.3 Å². The van der Waals surface area contributed by atoms with Crippen LogP contribution < -0.4 is 0 Å². The zero-order valence-corrected chi connectivity index (χ0v) is 5.53. The van der Waals surface area contributed by atoms with Crippen molar-refractivity contribution >= 4 is 11.3 Å². The third-order valence-corrected chi connectivity index (χ3v) is 1.41. The molecule has 0 fully saturated rings. The van der Waals surface area contributed by atoms with Crippen LogP contribution in [-0.2, 0) is 11.3 Å². The second-order valence-electron chi connectivity index (χ2n) is 2.12. The van der Waals surface area contributed by atoms with E-state index in [9.17, 15) is 4.21 Å². The molecule has 3 nitrogen and oxygen atoms in total. The number of quaternary nitrogens is 1. The van der Waals surface area contributed by atoms with Crippen molar-refractivity contribution in [2.45, 2.75) is 0 Å². The minimum Gasteiger partial charge on any atom is -0.261 e. The minimum atomic E-state index is -1.75. The Bertz CT molecular complexity index is 85.4. The molecule has 0 saturated heterocycles. The van der Waals surface area contributed by atoms with Crippen LogP contribution in [0.5, 0.6) is 0 Å². The van der Waals surface area contributed by atoms with Gasteiger partial charge in [0.15, 0.2) is 0 Å². The average molecular weight is 124 g/mol. The second kappa shape index (κ2) is 1.90. The van der Waals surface area contributed by atoms with E-state index in [2.05, 4.69) is 0 Å². The molecule has 1 unspecified atom stereocenters.